The van der Waals surface area contributed by atoms with Crippen LogP contribution in [0.3, 0.4) is 0 Å². The van der Waals surface area contributed by atoms with Crippen molar-refractivity contribution >= 4 is 31.9 Å². The molecular weight excluding hydrogens is 362 g/mol. The fourth-order valence-corrected chi connectivity index (χ4v) is 3.78. The second-order valence-corrected chi connectivity index (χ2v) is 8.15. The highest BCUT2D eigenvalue weighted by molar-refractivity contribution is 9.10. The van der Waals surface area contributed by atoms with Crippen molar-refractivity contribution in [1.29, 1.82) is 0 Å². The first-order valence-electron chi connectivity index (χ1n) is 6.07. The monoisotopic (exact) mass is 379 g/mol. The molecule has 0 radical (unpaired) electrons. The lowest BCUT2D eigenvalue weighted by Gasteiger charge is -2.27. The highest BCUT2D eigenvalue weighted by atomic mass is 79.9. The fraction of sp³-hybridized carbons (Fsp3) is 0.462. The molecule has 0 amide bonds. The lowest BCUT2D eigenvalue weighted by molar-refractivity contribution is -0.141. The molecule has 0 aromatic heterocycles. The van der Waals surface area contributed by atoms with Gasteiger partial charge in [0.05, 0.1) is 7.11 Å². The Hall–Kier alpha value is -1.12. The Bertz CT molecular complexity index is 636. The lowest BCUT2D eigenvalue weighted by Crippen LogP contribution is -2.49. The van der Waals surface area contributed by atoms with E-state index in [1.54, 1.807) is 26.8 Å². The number of sulfonamides is 1. The molecule has 1 atom stereocenters. The summed E-state index contributed by atoms with van der Waals surface area (Å²) >= 11 is 3.19. The number of carbonyl (C=O) groups is 1. The van der Waals surface area contributed by atoms with E-state index in [1.807, 2.05) is 0 Å². The van der Waals surface area contributed by atoms with Gasteiger partial charge in [-0.15, -0.1) is 0 Å². The van der Waals surface area contributed by atoms with Crippen LogP contribution in [-0.4, -0.2) is 32.6 Å². The minimum absolute atomic E-state index is 0.116. The standard InChI is InChI=1S/C13H18BrNO5S/c1-13(2,3)11(12(16)17)15-21(18,19)10-7-8(14)5-6-9(10)20-4/h5-7,11,15H,1-4H3,(H,16,17)/t11-/m1/s1. The van der Waals surface area contributed by atoms with E-state index < -0.39 is 27.4 Å². The summed E-state index contributed by atoms with van der Waals surface area (Å²) in [6.07, 6.45) is 0. The molecule has 8 heteroatoms. The van der Waals surface area contributed by atoms with Gasteiger partial charge in [0.15, 0.2) is 0 Å². The first-order valence-corrected chi connectivity index (χ1v) is 8.35. The van der Waals surface area contributed by atoms with Crippen LogP contribution >= 0.6 is 15.9 Å². The highest BCUT2D eigenvalue weighted by Gasteiger charge is 2.36. The second-order valence-electron chi connectivity index (χ2n) is 5.55. The lowest BCUT2D eigenvalue weighted by atomic mass is 9.88. The van der Waals surface area contributed by atoms with E-state index in [2.05, 4.69) is 20.7 Å². The second kappa shape index (κ2) is 6.33. The zero-order chi connectivity index (χ0) is 16.4. The molecular formula is C13H18BrNO5S. The molecule has 118 valence electrons. The van der Waals surface area contributed by atoms with Crippen LogP contribution in [0.1, 0.15) is 20.8 Å². The summed E-state index contributed by atoms with van der Waals surface area (Å²) in [5.41, 5.74) is -0.780. The van der Waals surface area contributed by atoms with Crippen molar-refractivity contribution in [3.8, 4) is 5.75 Å². The molecule has 0 heterocycles. The number of carboxylic acids is 1. The number of rotatable bonds is 5. The van der Waals surface area contributed by atoms with Gasteiger partial charge in [0.1, 0.15) is 16.7 Å². The van der Waals surface area contributed by atoms with E-state index >= 15 is 0 Å². The molecule has 0 spiro atoms. The van der Waals surface area contributed by atoms with Gasteiger partial charge in [-0.05, 0) is 23.6 Å². The van der Waals surface area contributed by atoms with Crippen LogP contribution in [-0.2, 0) is 14.8 Å². The fourth-order valence-electron chi connectivity index (χ4n) is 1.68. The Morgan fingerprint density at radius 3 is 2.38 bits per heavy atom. The van der Waals surface area contributed by atoms with Crippen LogP contribution in [0.15, 0.2) is 27.6 Å². The Labute approximate surface area is 132 Å². The number of methoxy groups -OCH3 is 1. The maximum atomic E-state index is 12.5. The van der Waals surface area contributed by atoms with Gasteiger partial charge >= 0.3 is 5.97 Å². The molecule has 21 heavy (non-hydrogen) atoms. The number of benzene rings is 1. The minimum atomic E-state index is -4.04. The Kier molecular flexibility index (Phi) is 5.40. The molecule has 0 aliphatic heterocycles. The van der Waals surface area contributed by atoms with Gasteiger partial charge in [0.2, 0.25) is 10.0 Å². The number of hydrogen-bond donors (Lipinski definition) is 2. The Balaban J connectivity index is 3.29. The summed E-state index contributed by atoms with van der Waals surface area (Å²) < 4.78 is 32.7. The maximum Gasteiger partial charge on any atom is 0.322 e. The minimum Gasteiger partial charge on any atom is -0.495 e. The molecule has 0 fully saturated rings. The third kappa shape index (κ3) is 4.42. The first-order chi connectivity index (χ1) is 9.49. The number of hydrogen-bond acceptors (Lipinski definition) is 4. The smallest absolute Gasteiger partial charge is 0.322 e. The van der Waals surface area contributed by atoms with Crippen molar-refractivity contribution < 1.29 is 23.1 Å². The predicted molar refractivity (Wildman–Crippen MR) is 81.9 cm³/mol. The summed E-state index contributed by atoms with van der Waals surface area (Å²) in [5, 5.41) is 9.23. The van der Waals surface area contributed by atoms with Crippen molar-refractivity contribution in [2.75, 3.05) is 7.11 Å². The zero-order valence-electron chi connectivity index (χ0n) is 12.2. The molecule has 0 aliphatic carbocycles. The van der Waals surface area contributed by atoms with Gasteiger partial charge in [-0.1, -0.05) is 36.7 Å². The van der Waals surface area contributed by atoms with Gasteiger partial charge in [0.25, 0.3) is 0 Å². The van der Waals surface area contributed by atoms with Crippen LogP contribution in [0.5, 0.6) is 5.75 Å². The van der Waals surface area contributed by atoms with Crippen LogP contribution < -0.4 is 9.46 Å². The quantitative estimate of drug-likeness (QED) is 0.817. The molecule has 0 saturated carbocycles. The molecule has 2 N–H and O–H groups in total. The van der Waals surface area contributed by atoms with E-state index in [4.69, 9.17) is 4.74 Å². The van der Waals surface area contributed by atoms with Crippen molar-refractivity contribution in [2.45, 2.75) is 31.7 Å². The SMILES string of the molecule is COc1ccc(Br)cc1S(=O)(=O)N[C@H](C(=O)O)C(C)(C)C. The average Bonchev–Trinajstić information content (AvgIpc) is 2.34. The van der Waals surface area contributed by atoms with Gasteiger partial charge in [-0.2, -0.15) is 4.72 Å². The average molecular weight is 380 g/mol. The molecule has 1 rings (SSSR count). The molecule has 0 unspecified atom stereocenters. The topological polar surface area (TPSA) is 92.7 Å². The normalized spacial score (nSPS) is 13.8. The van der Waals surface area contributed by atoms with Gasteiger partial charge in [-0.3, -0.25) is 4.79 Å². The summed E-state index contributed by atoms with van der Waals surface area (Å²) in [5.74, 6) is -1.09. The Morgan fingerprint density at radius 1 is 1.38 bits per heavy atom. The van der Waals surface area contributed by atoms with Crippen molar-refractivity contribution in [1.82, 2.24) is 4.72 Å². The number of carboxylic acid groups (broad SMARTS) is 1. The number of aliphatic carboxylic acids is 1. The van der Waals surface area contributed by atoms with Gasteiger partial charge in [0, 0.05) is 4.47 Å². The third-order valence-corrected chi connectivity index (χ3v) is 4.74. The van der Waals surface area contributed by atoms with Crippen molar-refractivity contribution in [3.63, 3.8) is 0 Å². The first kappa shape index (κ1) is 17.9. The van der Waals surface area contributed by atoms with E-state index in [9.17, 15) is 18.3 Å². The van der Waals surface area contributed by atoms with E-state index in [1.165, 1.54) is 19.2 Å². The number of halogens is 1. The van der Waals surface area contributed by atoms with Gasteiger partial charge in [-0.25, -0.2) is 8.42 Å². The van der Waals surface area contributed by atoms with Crippen LogP contribution in [0.4, 0.5) is 0 Å². The van der Waals surface area contributed by atoms with E-state index in [0.29, 0.717) is 4.47 Å². The van der Waals surface area contributed by atoms with Crippen LogP contribution in [0.2, 0.25) is 0 Å². The maximum absolute atomic E-state index is 12.5. The third-order valence-electron chi connectivity index (χ3n) is 2.80. The molecule has 0 aliphatic rings. The summed E-state index contributed by atoms with van der Waals surface area (Å²) in [7, 11) is -2.69. The van der Waals surface area contributed by atoms with Crippen molar-refractivity contribution in [2.24, 2.45) is 5.41 Å². The molecule has 0 saturated heterocycles. The van der Waals surface area contributed by atoms with Gasteiger partial charge < -0.3 is 9.84 Å². The highest BCUT2D eigenvalue weighted by Crippen LogP contribution is 2.29. The largest absolute Gasteiger partial charge is 0.495 e. The summed E-state index contributed by atoms with van der Waals surface area (Å²) in [4.78, 5) is 11.2. The summed E-state index contributed by atoms with van der Waals surface area (Å²) in [6.45, 7) is 4.94. The molecule has 1 aromatic rings. The number of nitrogens with one attached hydrogen (secondary N) is 1. The molecule has 1 aromatic carbocycles. The van der Waals surface area contributed by atoms with Crippen LogP contribution in [0, 0.1) is 5.41 Å². The van der Waals surface area contributed by atoms with E-state index in [-0.39, 0.29) is 10.6 Å². The number of ether oxygens (including phenoxy) is 1. The molecule has 6 nitrogen and oxygen atoms in total. The predicted octanol–water partition coefficient (Wildman–Crippen LogP) is 2.24. The summed E-state index contributed by atoms with van der Waals surface area (Å²) in [6, 6.07) is 3.23. The Morgan fingerprint density at radius 2 is 1.95 bits per heavy atom. The van der Waals surface area contributed by atoms with Crippen molar-refractivity contribution in [3.05, 3.63) is 22.7 Å². The zero-order valence-corrected chi connectivity index (χ0v) is 14.6. The van der Waals surface area contributed by atoms with Crippen LogP contribution in [0.25, 0.3) is 0 Å². The van der Waals surface area contributed by atoms with E-state index in [0.717, 1.165) is 0 Å². The molecule has 0 bridgehead atoms.